The molecule has 94 valence electrons. The Morgan fingerprint density at radius 3 is 2.59 bits per heavy atom. The molecule has 1 aliphatic carbocycles. The molecular weight excluding hydrogens is 271 g/mol. The van der Waals surface area contributed by atoms with E-state index in [-0.39, 0.29) is 0 Å². The zero-order valence-corrected chi connectivity index (χ0v) is 12.9. The van der Waals surface area contributed by atoms with E-state index in [1.807, 2.05) is 0 Å². The van der Waals surface area contributed by atoms with Gasteiger partial charge in [0.1, 0.15) is 0 Å². The molecule has 0 aromatic heterocycles. The number of rotatable bonds is 4. The van der Waals surface area contributed by atoms with E-state index in [0.29, 0.717) is 0 Å². The molecular formula is C15H23AsO. The van der Waals surface area contributed by atoms with Crippen LogP contribution in [0.1, 0.15) is 37.7 Å². The van der Waals surface area contributed by atoms with Crippen molar-refractivity contribution >= 4 is 14.7 Å². The Labute approximate surface area is 110 Å². The molecule has 0 heterocycles. The number of para-hydroxylation sites is 1. The first-order valence-corrected chi connectivity index (χ1v) is 10.9. The van der Waals surface area contributed by atoms with Gasteiger partial charge in [-0.05, 0) is 0 Å². The second kappa shape index (κ2) is 6.49. The third-order valence-corrected chi connectivity index (χ3v) is 9.27. The quantitative estimate of drug-likeness (QED) is 0.755. The molecule has 0 amide bonds. The molecule has 0 aliphatic heterocycles. The van der Waals surface area contributed by atoms with Crippen LogP contribution in [0.2, 0.25) is 10.4 Å². The maximum atomic E-state index is 5.46. The first-order valence-electron chi connectivity index (χ1n) is 6.63. The first kappa shape index (κ1) is 13.0. The number of ether oxygens (including phenoxy) is 1. The second-order valence-corrected chi connectivity index (χ2v) is 10.4. The van der Waals surface area contributed by atoms with Gasteiger partial charge in [-0.3, -0.25) is 0 Å². The SMILES string of the molecule is COc1ccccc1C[As](C)C1CCCCC1. The summed E-state index contributed by atoms with van der Waals surface area (Å²) in [4.78, 5) is 0. The standard InChI is InChI=1S/C15H23AsO/c1-16(14-9-4-3-5-10-14)12-13-8-6-7-11-15(13)17-2/h6-8,11,14H,3-5,9-10,12H2,1-2H3. The third kappa shape index (κ3) is 3.52. The van der Waals surface area contributed by atoms with Gasteiger partial charge in [0.25, 0.3) is 0 Å². The van der Waals surface area contributed by atoms with E-state index in [2.05, 4.69) is 30.0 Å². The van der Waals surface area contributed by atoms with Crippen LogP contribution >= 0.6 is 0 Å². The molecule has 1 aromatic carbocycles. The van der Waals surface area contributed by atoms with Gasteiger partial charge in [0.2, 0.25) is 0 Å². The van der Waals surface area contributed by atoms with E-state index in [4.69, 9.17) is 4.74 Å². The summed E-state index contributed by atoms with van der Waals surface area (Å²) in [6, 6.07) is 8.54. The predicted molar refractivity (Wildman–Crippen MR) is 75.2 cm³/mol. The average molecular weight is 294 g/mol. The number of hydrogen-bond donors (Lipinski definition) is 0. The summed E-state index contributed by atoms with van der Waals surface area (Å²) >= 11 is -0.703. The van der Waals surface area contributed by atoms with Crippen LogP contribution in [0.15, 0.2) is 24.3 Å². The van der Waals surface area contributed by atoms with Gasteiger partial charge < -0.3 is 0 Å². The molecule has 1 aliphatic rings. The minimum atomic E-state index is -0.703. The Morgan fingerprint density at radius 2 is 1.88 bits per heavy atom. The maximum absolute atomic E-state index is 5.46. The van der Waals surface area contributed by atoms with Crippen molar-refractivity contribution < 1.29 is 4.74 Å². The zero-order chi connectivity index (χ0) is 12.1. The van der Waals surface area contributed by atoms with Crippen LogP contribution < -0.4 is 4.74 Å². The van der Waals surface area contributed by atoms with E-state index in [1.54, 1.807) is 7.11 Å². The van der Waals surface area contributed by atoms with Crippen molar-refractivity contribution in [3.8, 4) is 5.75 Å². The van der Waals surface area contributed by atoms with Crippen molar-refractivity contribution in [2.75, 3.05) is 7.11 Å². The van der Waals surface area contributed by atoms with E-state index in [9.17, 15) is 0 Å². The molecule has 0 saturated heterocycles. The van der Waals surface area contributed by atoms with Crippen LogP contribution in [-0.2, 0) is 5.21 Å². The van der Waals surface area contributed by atoms with Crippen LogP contribution in [0.4, 0.5) is 0 Å². The summed E-state index contributed by atoms with van der Waals surface area (Å²) in [6.07, 6.45) is 7.38. The number of benzene rings is 1. The van der Waals surface area contributed by atoms with Gasteiger partial charge >= 0.3 is 110 Å². The molecule has 1 saturated carbocycles. The number of hydrogen-bond acceptors (Lipinski definition) is 1. The van der Waals surface area contributed by atoms with Gasteiger partial charge in [0, 0.05) is 0 Å². The van der Waals surface area contributed by atoms with Gasteiger partial charge in [0.15, 0.2) is 0 Å². The second-order valence-electron chi connectivity index (χ2n) is 5.02. The molecule has 1 aromatic rings. The molecule has 2 rings (SSSR count). The Balaban J connectivity index is 1.99. The monoisotopic (exact) mass is 294 g/mol. The Bertz CT molecular complexity index is 345. The summed E-state index contributed by atoms with van der Waals surface area (Å²) in [6.45, 7) is 0. The normalized spacial score (nSPS) is 18.9. The zero-order valence-electron chi connectivity index (χ0n) is 11.0. The molecule has 1 nitrogen and oxygen atoms in total. The fourth-order valence-corrected chi connectivity index (χ4v) is 7.59. The van der Waals surface area contributed by atoms with Crippen molar-refractivity contribution in [1.82, 2.24) is 0 Å². The molecule has 2 heteroatoms. The summed E-state index contributed by atoms with van der Waals surface area (Å²) in [5.41, 5.74) is 3.98. The van der Waals surface area contributed by atoms with Crippen molar-refractivity contribution in [3.05, 3.63) is 29.8 Å². The summed E-state index contributed by atoms with van der Waals surface area (Å²) in [5.74, 6) is 1.09. The topological polar surface area (TPSA) is 9.23 Å². The van der Waals surface area contributed by atoms with Crippen molar-refractivity contribution in [2.45, 2.75) is 47.7 Å². The molecule has 1 fully saturated rings. The predicted octanol–water partition coefficient (Wildman–Crippen LogP) is 4.24. The fraction of sp³-hybridized carbons (Fsp3) is 0.600. The van der Waals surface area contributed by atoms with Gasteiger partial charge in [-0.25, -0.2) is 0 Å². The van der Waals surface area contributed by atoms with Gasteiger partial charge in [-0.1, -0.05) is 0 Å². The molecule has 0 spiro atoms. The van der Waals surface area contributed by atoms with Crippen molar-refractivity contribution in [1.29, 1.82) is 0 Å². The van der Waals surface area contributed by atoms with Crippen LogP contribution in [-0.4, -0.2) is 21.8 Å². The van der Waals surface area contributed by atoms with Crippen molar-refractivity contribution in [2.24, 2.45) is 0 Å². The first-order chi connectivity index (χ1) is 8.31. The Hall–Kier alpha value is -0.422. The van der Waals surface area contributed by atoms with Crippen LogP contribution in [0.3, 0.4) is 0 Å². The molecule has 0 radical (unpaired) electrons. The van der Waals surface area contributed by atoms with Crippen LogP contribution in [0.5, 0.6) is 5.75 Å². The molecule has 17 heavy (non-hydrogen) atoms. The number of methoxy groups -OCH3 is 1. The average Bonchev–Trinajstić information content (AvgIpc) is 2.40. The molecule has 1 unspecified atom stereocenters. The van der Waals surface area contributed by atoms with Gasteiger partial charge in [-0.15, -0.1) is 0 Å². The van der Waals surface area contributed by atoms with Gasteiger partial charge in [-0.2, -0.15) is 0 Å². The van der Waals surface area contributed by atoms with Crippen molar-refractivity contribution in [3.63, 3.8) is 0 Å². The molecule has 0 N–H and O–H groups in total. The minimum absolute atomic E-state index is 0.703. The summed E-state index contributed by atoms with van der Waals surface area (Å²) in [5, 5.41) is 1.31. The summed E-state index contributed by atoms with van der Waals surface area (Å²) in [7, 11) is 1.78. The van der Waals surface area contributed by atoms with Crippen LogP contribution in [0, 0.1) is 0 Å². The van der Waals surface area contributed by atoms with Crippen LogP contribution in [0.25, 0.3) is 0 Å². The van der Waals surface area contributed by atoms with E-state index in [1.165, 1.54) is 42.9 Å². The van der Waals surface area contributed by atoms with E-state index < -0.39 is 14.7 Å². The molecule has 1 atom stereocenters. The Morgan fingerprint density at radius 1 is 1.18 bits per heavy atom. The van der Waals surface area contributed by atoms with Gasteiger partial charge in [0.05, 0.1) is 0 Å². The summed E-state index contributed by atoms with van der Waals surface area (Å²) < 4.78 is 6.53. The third-order valence-electron chi connectivity index (χ3n) is 3.81. The van der Waals surface area contributed by atoms with E-state index >= 15 is 0 Å². The fourth-order valence-electron chi connectivity index (χ4n) is 2.75. The molecule has 0 bridgehead atoms. The van der Waals surface area contributed by atoms with E-state index in [0.717, 1.165) is 10.5 Å². The Kier molecular flexibility index (Phi) is 4.97.